The average Bonchev–Trinajstić information content (AvgIpc) is 2.73. The Balaban J connectivity index is 0.000000659. The lowest BCUT2D eigenvalue weighted by atomic mass is 9.73. The summed E-state index contributed by atoms with van der Waals surface area (Å²) in [4.78, 5) is 15.0. The first-order chi connectivity index (χ1) is 13.1. The topological polar surface area (TPSA) is 95.3 Å². The summed E-state index contributed by atoms with van der Waals surface area (Å²) in [5.41, 5.74) is 1.85. The largest absolute Gasteiger partial charge is 0.497 e. The molecule has 5 atom stereocenters. The van der Waals surface area contributed by atoms with Crippen molar-refractivity contribution in [3.05, 3.63) is 53.6 Å². The highest BCUT2D eigenvalue weighted by molar-refractivity contribution is 5.83. The summed E-state index contributed by atoms with van der Waals surface area (Å²) >= 11 is 0. The minimum absolute atomic E-state index is 0.178. The van der Waals surface area contributed by atoms with E-state index in [2.05, 4.69) is 22.5 Å². The van der Waals surface area contributed by atoms with E-state index in [4.69, 9.17) is 14.9 Å². The number of hydrogen-bond acceptors (Lipinski definition) is 6. The van der Waals surface area contributed by atoms with Gasteiger partial charge in [-0.3, -0.25) is 9.88 Å². The molecule has 144 valence electrons. The molecule has 0 aliphatic carbocycles. The summed E-state index contributed by atoms with van der Waals surface area (Å²) < 4.78 is 5.35. The smallest absolute Gasteiger partial charge is 0.152 e. The predicted molar refractivity (Wildman–Crippen MR) is 103 cm³/mol. The fourth-order valence-electron chi connectivity index (χ4n) is 4.44. The lowest BCUT2D eigenvalue weighted by molar-refractivity contribution is -0.0444. The predicted octanol–water partition coefficient (Wildman–Crippen LogP) is 3.32. The highest BCUT2D eigenvalue weighted by Crippen LogP contribution is 2.42. The standard InChI is InChI=1S/C20H24N2O2.HNO2/c1-3-13-12-22-9-7-14(13)10-19(22)20(23)16-6-8-21-18-5-4-15(24-2)11-17(16)18;2-1-3/h3-6,8,11,13-14,19-20,23H,1,7,9-10,12H2,2H3;(H,2,3)/t13-,14-,19+,20-;/m0./s1. The molecule has 0 radical (unpaired) electrons. The first kappa shape index (κ1) is 19.3. The third-order valence-corrected chi connectivity index (χ3v) is 5.82. The molecule has 2 N–H and O–H groups in total. The van der Waals surface area contributed by atoms with Gasteiger partial charge in [-0.25, -0.2) is 0 Å². The summed E-state index contributed by atoms with van der Waals surface area (Å²) in [6.07, 6.45) is 5.62. The molecule has 1 aromatic heterocycles. The number of methoxy groups -OCH3 is 1. The van der Waals surface area contributed by atoms with Crippen LogP contribution in [0.1, 0.15) is 24.5 Å². The molecule has 0 saturated carbocycles. The Labute approximate surface area is 158 Å². The van der Waals surface area contributed by atoms with E-state index in [0.717, 1.165) is 41.7 Å². The van der Waals surface area contributed by atoms with Gasteiger partial charge in [0.1, 0.15) is 5.75 Å². The van der Waals surface area contributed by atoms with Crippen LogP contribution < -0.4 is 4.74 Å². The molecule has 2 aromatic rings. The van der Waals surface area contributed by atoms with Gasteiger partial charge in [0.2, 0.25) is 0 Å². The zero-order chi connectivity index (χ0) is 19.4. The highest BCUT2D eigenvalue weighted by atomic mass is 16.6. The number of aromatic nitrogens is 1. The molecule has 1 unspecified atom stereocenters. The second-order valence-corrected chi connectivity index (χ2v) is 7.06. The van der Waals surface area contributed by atoms with Crippen molar-refractivity contribution in [3.8, 4) is 5.75 Å². The van der Waals surface area contributed by atoms with Crippen molar-refractivity contribution in [2.24, 2.45) is 17.2 Å². The summed E-state index contributed by atoms with van der Waals surface area (Å²) in [6.45, 7) is 6.07. The van der Waals surface area contributed by atoms with Crippen molar-refractivity contribution in [3.63, 3.8) is 0 Å². The lowest BCUT2D eigenvalue weighted by Crippen LogP contribution is -2.54. The molecule has 3 fully saturated rings. The summed E-state index contributed by atoms with van der Waals surface area (Å²) in [6, 6.07) is 7.96. The quantitative estimate of drug-likeness (QED) is 0.486. The molecule has 5 rings (SSSR count). The van der Waals surface area contributed by atoms with Crippen LogP contribution >= 0.6 is 0 Å². The van der Waals surface area contributed by atoms with Crippen molar-refractivity contribution >= 4 is 10.9 Å². The monoisotopic (exact) mass is 371 g/mol. The van der Waals surface area contributed by atoms with Crippen LogP contribution in [0.25, 0.3) is 10.9 Å². The minimum atomic E-state index is -0.504. The molecule has 1 aromatic carbocycles. The Bertz CT molecular complexity index is 813. The molecule has 0 amide bonds. The molecule has 0 spiro atoms. The molecule has 27 heavy (non-hydrogen) atoms. The van der Waals surface area contributed by atoms with Crippen molar-refractivity contribution in [2.75, 3.05) is 20.2 Å². The van der Waals surface area contributed by atoms with Crippen LogP contribution in [0.3, 0.4) is 0 Å². The highest BCUT2D eigenvalue weighted by Gasteiger charge is 2.42. The van der Waals surface area contributed by atoms with Gasteiger partial charge in [-0.1, -0.05) is 6.08 Å². The van der Waals surface area contributed by atoms with E-state index < -0.39 is 6.10 Å². The molecule has 3 aliphatic heterocycles. The summed E-state index contributed by atoms with van der Waals surface area (Å²) in [5, 5.41) is 20.0. The van der Waals surface area contributed by atoms with E-state index in [-0.39, 0.29) is 6.04 Å². The fourth-order valence-corrected chi connectivity index (χ4v) is 4.44. The number of aliphatic hydroxyl groups excluding tert-OH is 1. The summed E-state index contributed by atoms with van der Waals surface area (Å²) in [5.74, 6) is 2.01. The van der Waals surface area contributed by atoms with E-state index in [0.29, 0.717) is 11.8 Å². The first-order valence-corrected chi connectivity index (χ1v) is 9.07. The normalized spacial score (nSPS) is 27.3. The van der Waals surface area contributed by atoms with E-state index in [1.807, 2.05) is 24.3 Å². The van der Waals surface area contributed by atoms with Gasteiger partial charge in [-0.15, -0.1) is 11.5 Å². The van der Waals surface area contributed by atoms with Gasteiger partial charge in [-0.05, 0) is 61.1 Å². The Morgan fingerprint density at radius 3 is 2.85 bits per heavy atom. The zero-order valence-electron chi connectivity index (χ0n) is 15.4. The van der Waals surface area contributed by atoms with E-state index in [1.54, 1.807) is 13.3 Å². The Morgan fingerprint density at radius 2 is 2.22 bits per heavy atom. The first-order valence-electron chi connectivity index (χ1n) is 9.07. The molecule has 7 heteroatoms. The zero-order valence-corrected chi connectivity index (χ0v) is 15.4. The van der Waals surface area contributed by atoms with Crippen LogP contribution in [-0.2, 0) is 0 Å². The maximum absolute atomic E-state index is 11.2. The van der Waals surface area contributed by atoms with Gasteiger partial charge in [-0.2, -0.15) is 0 Å². The van der Waals surface area contributed by atoms with Gasteiger partial charge in [0, 0.05) is 24.2 Å². The van der Waals surface area contributed by atoms with E-state index in [9.17, 15) is 5.11 Å². The second kappa shape index (κ2) is 8.45. The number of pyridine rings is 1. The third kappa shape index (κ3) is 3.79. The van der Waals surface area contributed by atoms with Gasteiger partial charge in [0.05, 0.1) is 18.7 Å². The van der Waals surface area contributed by atoms with Crippen molar-refractivity contribution < 1.29 is 15.1 Å². The molecular formula is C20H25N3O4. The third-order valence-electron chi connectivity index (χ3n) is 5.82. The number of ether oxygens (including phenoxy) is 1. The fraction of sp³-hybridized carbons (Fsp3) is 0.450. The van der Waals surface area contributed by atoms with Crippen molar-refractivity contribution in [1.29, 1.82) is 0 Å². The van der Waals surface area contributed by atoms with Crippen LogP contribution in [0.4, 0.5) is 0 Å². The van der Waals surface area contributed by atoms with Crippen LogP contribution in [0, 0.1) is 16.7 Å². The van der Waals surface area contributed by atoms with Crippen LogP contribution in [0.5, 0.6) is 5.75 Å². The molecule has 3 saturated heterocycles. The Morgan fingerprint density at radius 1 is 1.44 bits per heavy atom. The maximum Gasteiger partial charge on any atom is 0.152 e. The number of piperidine rings is 3. The Kier molecular flexibility index (Phi) is 6.03. The molecule has 3 aliphatic rings. The van der Waals surface area contributed by atoms with E-state index >= 15 is 0 Å². The van der Waals surface area contributed by atoms with Gasteiger partial charge in [0.15, 0.2) is 5.34 Å². The molecule has 7 nitrogen and oxygen atoms in total. The number of hydrogen-bond donors (Lipinski definition) is 2. The number of nitrogens with zero attached hydrogens (tertiary/aromatic N) is 3. The lowest BCUT2D eigenvalue weighted by Gasteiger charge is -2.50. The van der Waals surface area contributed by atoms with Crippen LogP contribution in [0.15, 0.2) is 48.5 Å². The Hall–Kier alpha value is -2.51. The van der Waals surface area contributed by atoms with Crippen molar-refractivity contribution in [1.82, 2.24) is 9.88 Å². The number of aliphatic hydroxyl groups is 1. The van der Waals surface area contributed by atoms with Crippen molar-refractivity contribution in [2.45, 2.75) is 25.0 Å². The minimum Gasteiger partial charge on any atom is -0.497 e. The maximum atomic E-state index is 11.2. The number of fused-ring (bicyclic) bond motifs is 4. The SMILES string of the molecule is C=C[C@H]1CN2CC[C@H]1C[C@@H]2[C@@H](O)c1ccnc2ccc(OC)cc12.O=NO. The van der Waals surface area contributed by atoms with Gasteiger partial charge < -0.3 is 15.1 Å². The van der Waals surface area contributed by atoms with E-state index in [1.165, 1.54) is 11.8 Å². The molecular weight excluding hydrogens is 346 g/mol. The van der Waals surface area contributed by atoms with Gasteiger partial charge >= 0.3 is 0 Å². The second-order valence-electron chi connectivity index (χ2n) is 7.06. The average molecular weight is 371 g/mol. The van der Waals surface area contributed by atoms with Gasteiger partial charge in [0.25, 0.3) is 0 Å². The van der Waals surface area contributed by atoms with Crippen LogP contribution in [0.2, 0.25) is 0 Å². The summed E-state index contributed by atoms with van der Waals surface area (Å²) in [7, 11) is 1.66. The molecule has 4 heterocycles. The number of benzene rings is 1. The molecule has 2 bridgehead atoms. The van der Waals surface area contributed by atoms with Crippen LogP contribution in [-0.4, -0.2) is 46.4 Å². The number of rotatable bonds is 4.